The van der Waals surface area contributed by atoms with E-state index in [-0.39, 0.29) is 11.7 Å². The minimum Gasteiger partial charge on any atom is -0.338 e. The predicted molar refractivity (Wildman–Crippen MR) is 94.1 cm³/mol. The van der Waals surface area contributed by atoms with Gasteiger partial charge in [-0.1, -0.05) is 6.07 Å². The summed E-state index contributed by atoms with van der Waals surface area (Å²) in [6.07, 6.45) is 0. The number of hydrogen-bond acceptors (Lipinski definition) is 3. The Morgan fingerprint density at radius 2 is 1.92 bits per heavy atom. The number of nitrogens with zero attached hydrogens (tertiary/aromatic N) is 3. The number of rotatable bonds is 5. The molecule has 2 aromatic heterocycles. The molecule has 4 nitrogen and oxygen atoms in total. The first kappa shape index (κ1) is 16.4. The summed E-state index contributed by atoms with van der Waals surface area (Å²) in [5.74, 6) is -0.401. The quantitative estimate of drug-likeness (QED) is 0.695. The van der Waals surface area contributed by atoms with Crippen LogP contribution < -0.4 is 0 Å². The molecule has 1 amide bonds. The molecule has 0 unspecified atom stereocenters. The van der Waals surface area contributed by atoms with Crippen LogP contribution in [-0.2, 0) is 0 Å². The standard InChI is InChI=1S/C18H18FN3OS/c1-3-21(4-2)18(23)15-12-16(17-6-5-11-24-17)22(20-15)14-9-7-13(19)8-10-14/h5-12H,3-4H2,1-2H3. The first-order chi connectivity index (χ1) is 11.6. The molecule has 0 fully saturated rings. The van der Waals surface area contributed by atoms with Crippen LogP contribution in [0.25, 0.3) is 16.3 Å². The summed E-state index contributed by atoms with van der Waals surface area (Å²) in [6, 6.07) is 11.8. The summed E-state index contributed by atoms with van der Waals surface area (Å²) < 4.78 is 14.9. The normalized spacial score (nSPS) is 10.8. The van der Waals surface area contributed by atoms with Crippen molar-refractivity contribution in [3.05, 3.63) is 59.4 Å². The van der Waals surface area contributed by atoms with E-state index in [0.29, 0.717) is 18.8 Å². The van der Waals surface area contributed by atoms with Crippen molar-refractivity contribution in [3.63, 3.8) is 0 Å². The van der Waals surface area contributed by atoms with E-state index < -0.39 is 0 Å². The Labute approximate surface area is 144 Å². The molecule has 124 valence electrons. The fourth-order valence-corrected chi connectivity index (χ4v) is 3.26. The third kappa shape index (κ3) is 3.10. The lowest BCUT2D eigenvalue weighted by molar-refractivity contribution is 0.0766. The van der Waals surface area contributed by atoms with Crippen LogP contribution in [0.4, 0.5) is 4.39 Å². The average molecular weight is 343 g/mol. The summed E-state index contributed by atoms with van der Waals surface area (Å²) in [5, 5.41) is 6.47. The van der Waals surface area contributed by atoms with Crippen LogP contribution in [0.2, 0.25) is 0 Å². The van der Waals surface area contributed by atoms with Gasteiger partial charge in [0.1, 0.15) is 5.82 Å². The number of carbonyl (C=O) groups is 1. The summed E-state index contributed by atoms with van der Waals surface area (Å²) in [5.41, 5.74) is 1.94. The minimum atomic E-state index is -0.303. The van der Waals surface area contributed by atoms with Gasteiger partial charge in [-0.3, -0.25) is 4.79 Å². The topological polar surface area (TPSA) is 38.1 Å². The maximum absolute atomic E-state index is 13.2. The number of benzene rings is 1. The largest absolute Gasteiger partial charge is 0.338 e. The van der Waals surface area contributed by atoms with Gasteiger partial charge in [0.2, 0.25) is 0 Å². The van der Waals surface area contributed by atoms with E-state index in [1.165, 1.54) is 12.1 Å². The molecule has 0 saturated heterocycles. The number of carbonyl (C=O) groups excluding carboxylic acids is 1. The Morgan fingerprint density at radius 3 is 2.50 bits per heavy atom. The van der Waals surface area contributed by atoms with Crippen LogP contribution in [0.3, 0.4) is 0 Å². The van der Waals surface area contributed by atoms with Crippen molar-refractivity contribution in [2.75, 3.05) is 13.1 Å². The Bertz CT molecular complexity index is 821. The molecule has 0 N–H and O–H groups in total. The van der Waals surface area contributed by atoms with E-state index in [9.17, 15) is 9.18 Å². The number of hydrogen-bond donors (Lipinski definition) is 0. The highest BCUT2D eigenvalue weighted by Gasteiger charge is 2.20. The third-order valence-electron chi connectivity index (χ3n) is 3.82. The van der Waals surface area contributed by atoms with E-state index in [1.54, 1.807) is 39.1 Å². The molecule has 24 heavy (non-hydrogen) atoms. The second kappa shape index (κ2) is 6.97. The van der Waals surface area contributed by atoms with Gasteiger partial charge in [-0.05, 0) is 55.6 Å². The van der Waals surface area contributed by atoms with E-state index >= 15 is 0 Å². The molecular weight excluding hydrogens is 325 g/mol. The maximum Gasteiger partial charge on any atom is 0.274 e. The summed E-state index contributed by atoms with van der Waals surface area (Å²) in [7, 11) is 0. The molecule has 0 aliphatic carbocycles. The van der Waals surface area contributed by atoms with Gasteiger partial charge in [0.05, 0.1) is 16.3 Å². The molecule has 6 heteroatoms. The summed E-state index contributed by atoms with van der Waals surface area (Å²) in [4.78, 5) is 15.4. The number of halogens is 1. The molecule has 0 aliphatic rings. The molecule has 0 atom stereocenters. The zero-order valence-corrected chi connectivity index (χ0v) is 14.4. The van der Waals surface area contributed by atoms with Crippen molar-refractivity contribution in [1.29, 1.82) is 0 Å². The second-order valence-corrected chi connectivity index (χ2v) is 6.21. The molecule has 0 saturated carbocycles. The lowest BCUT2D eigenvalue weighted by Gasteiger charge is -2.16. The zero-order chi connectivity index (χ0) is 17.1. The molecule has 1 aromatic carbocycles. The first-order valence-corrected chi connectivity index (χ1v) is 8.71. The molecular formula is C18H18FN3OS. The van der Waals surface area contributed by atoms with Gasteiger partial charge in [-0.2, -0.15) is 5.10 Å². The lowest BCUT2D eigenvalue weighted by Crippen LogP contribution is -2.30. The van der Waals surface area contributed by atoms with Crippen LogP contribution in [0, 0.1) is 5.82 Å². The predicted octanol–water partition coefficient (Wildman–Crippen LogP) is 4.22. The first-order valence-electron chi connectivity index (χ1n) is 7.83. The van der Waals surface area contributed by atoms with E-state index in [2.05, 4.69) is 5.10 Å². The van der Waals surface area contributed by atoms with Crippen molar-refractivity contribution in [3.8, 4) is 16.3 Å². The number of amides is 1. The zero-order valence-electron chi connectivity index (χ0n) is 13.6. The lowest BCUT2D eigenvalue weighted by atomic mass is 10.2. The van der Waals surface area contributed by atoms with E-state index in [4.69, 9.17) is 0 Å². The Hall–Kier alpha value is -2.47. The highest BCUT2D eigenvalue weighted by Crippen LogP contribution is 2.28. The molecule has 3 aromatic rings. The molecule has 0 bridgehead atoms. The molecule has 2 heterocycles. The Kier molecular flexibility index (Phi) is 4.76. The van der Waals surface area contributed by atoms with Gasteiger partial charge < -0.3 is 4.90 Å². The van der Waals surface area contributed by atoms with Gasteiger partial charge in [0.15, 0.2) is 5.69 Å². The van der Waals surface area contributed by atoms with Gasteiger partial charge >= 0.3 is 0 Å². The third-order valence-corrected chi connectivity index (χ3v) is 4.72. The van der Waals surface area contributed by atoms with Gasteiger partial charge in [-0.25, -0.2) is 9.07 Å². The van der Waals surface area contributed by atoms with Crippen molar-refractivity contribution < 1.29 is 9.18 Å². The Balaban J connectivity index is 2.09. The van der Waals surface area contributed by atoms with Crippen LogP contribution in [0.1, 0.15) is 24.3 Å². The Morgan fingerprint density at radius 1 is 1.21 bits per heavy atom. The van der Waals surface area contributed by atoms with Crippen molar-refractivity contribution in [2.45, 2.75) is 13.8 Å². The van der Waals surface area contributed by atoms with Gasteiger partial charge in [0.25, 0.3) is 5.91 Å². The number of thiophene rings is 1. The second-order valence-electron chi connectivity index (χ2n) is 5.26. The number of aromatic nitrogens is 2. The van der Waals surface area contributed by atoms with Crippen LogP contribution >= 0.6 is 11.3 Å². The highest BCUT2D eigenvalue weighted by atomic mass is 32.1. The fourth-order valence-electron chi connectivity index (χ4n) is 2.54. The summed E-state index contributed by atoms with van der Waals surface area (Å²) in [6.45, 7) is 5.15. The fraction of sp³-hybridized carbons (Fsp3) is 0.222. The monoisotopic (exact) mass is 343 g/mol. The average Bonchev–Trinajstić information content (AvgIpc) is 3.26. The maximum atomic E-state index is 13.2. The van der Waals surface area contributed by atoms with Crippen molar-refractivity contribution in [1.82, 2.24) is 14.7 Å². The SMILES string of the molecule is CCN(CC)C(=O)c1cc(-c2cccs2)n(-c2ccc(F)cc2)n1. The van der Waals surface area contributed by atoms with Crippen LogP contribution in [0.15, 0.2) is 47.8 Å². The smallest absolute Gasteiger partial charge is 0.274 e. The van der Waals surface area contributed by atoms with Gasteiger partial charge in [0, 0.05) is 13.1 Å². The highest BCUT2D eigenvalue weighted by molar-refractivity contribution is 7.13. The van der Waals surface area contributed by atoms with Crippen LogP contribution in [0.5, 0.6) is 0 Å². The van der Waals surface area contributed by atoms with E-state index in [1.807, 2.05) is 31.4 Å². The van der Waals surface area contributed by atoms with Gasteiger partial charge in [-0.15, -0.1) is 11.3 Å². The van der Waals surface area contributed by atoms with Crippen LogP contribution in [-0.4, -0.2) is 33.7 Å². The van der Waals surface area contributed by atoms with Crippen molar-refractivity contribution >= 4 is 17.2 Å². The summed E-state index contributed by atoms with van der Waals surface area (Å²) >= 11 is 1.57. The molecule has 0 radical (unpaired) electrons. The molecule has 0 aliphatic heterocycles. The van der Waals surface area contributed by atoms with Crippen molar-refractivity contribution in [2.24, 2.45) is 0 Å². The van der Waals surface area contributed by atoms with E-state index in [0.717, 1.165) is 16.3 Å². The molecule has 3 rings (SSSR count). The minimum absolute atomic E-state index is 0.0985. The molecule has 0 spiro atoms.